The van der Waals surface area contributed by atoms with E-state index in [-0.39, 0.29) is 0 Å². The first-order valence-electron chi connectivity index (χ1n) is 9.12. The molecule has 0 aliphatic rings. The van der Waals surface area contributed by atoms with Crippen molar-refractivity contribution in [2.24, 2.45) is 7.05 Å². The summed E-state index contributed by atoms with van der Waals surface area (Å²) in [7, 11) is 2.12. The van der Waals surface area contributed by atoms with Gasteiger partial charge >= 0.3 is 0 Å². The van der Waals surface area contributed by atoms with Gasteiger partial charge in [-0.15, -0.1) is 0 Å². The molecule has 6 nitrogen and oxygen atoms in total. The van der Waals surface area contributed by atoms with Crippen molar-refractivity contribution in [3.05, 3.63) is 65.6 Å². The number of rotatable bonds is 3. The maximum atomic E-state index is 4.69. The van der Waals surface area contributed by atoms with Crippen LogP contribution in [0.1, 0.15) is 22.9 Å². The maximum absolute atomic E-state index is 4.69. The van der Waals surface area contributed by atoms with E-state index in [1.165, 1.54) is 22.0 Å². The van der Waals surface area contributed by atoms with Crippen LogP contribution < -0.4 is 0 Å². The fourth-order valence-electron chi connectivity index (χ4n) is 3.75. The zero-order chi connectivity index (χ0) is 18.5. The minimum absolute atomic E-state index is 0.793. The summed E-state index contributed by atoms with van der Waals surface area (Å²) in [6.07, 6.45) is 5.35. The zero-order valence-corrected chi connectivity index (χ0v) is 15.6. The molecule has 0 atom stereocenters. The Hall–Kier alpha value is -3.28. The van der Waals surface area contributed by atoms with Crippen molar-refractivity contribution in [1.29, 1.82) is 0 Å². The van der Waals surface area contributed by atoms with Crippen LogP contribution in [-0.4, -0.2) is 29.1 Å². The summed E-state index contributed by atoms with van der Waals surface area (Å²) in [5, 5.41) is 7.11. The van der Waals surface area contributed by atoms with Gasteiger partial charge in [0, 0.05) is 47.8 Å². The Morgan fingerprint density at radius 3 is 2.74 bits per heavy atom. The molecule has 0 bridgehead atoms. The van der Waals surface area contributed by atoms with E-state index in [9.17, 15) is 0 Å². The van der Waals surface area contributed by atoms with Gasteiger partial charge in [-0.2, -0.15) is 5.10 Å². The highest BCUT2D eigenvalue weighted by Crippen LogP contribution is 2.27. The van der Waals surface area contributed by atoms with Gasteiger partial charge in [0.2, 0.25) is 0 Å². The molecule has 0 aliphatic carbocycles. The number of benzene rings is 1. The molecule has 4 aromatic heterocycles. The number of aromatic nitrogens is 6. The van der Waals surface area contributed by atoms with Crippen LogP contribution in [0, 0.1) is 13.8 Å². The van der Waals surface area contributed by atoms with Gasteiger partial charge in [-0.1, -0.05) is 6.07 Å². The minimum Gasteiger partial charge on any atom is -0.348 e. The van der Waals surface area contributed by atoms with Crippen LogP contribution in [0.2, 0.25) is 0 Å². The van der Waals surface area contributed by atoms with Crippen LogP contribution in [0.3, 0.4) is 0 Å². The highest BCUT2D eigenvalue weighted by atomic mass is 15.3. The Labute approximate surface area is 156 Å². The number of hydrogen-bond donors (Lipinski definition) is 0. The second kappa shape index (κ2) is 5.87. The third-order valence-corrected chi connectivity index (χ3v) is 5.27. The van der Waals surface area contributed by atoms with Crippen molar-refractivity contribution in [1.82, 2.24) is 29.1 Å². The van der Waals surface area contributed by atoms with Crippen LogP contribution in [0.25, 0.3) is 27.5 Å². The number of hydrogen-bond acceptors (Lipinski definition) is 4. The highest BCUT2D eigenvalue weighted by Gasteiger charge is 2.12. The van der Waals surface area contributed by atoms with E-state index in [1.54, 1.807) is 0 Å². The predicted octanol–water partition coefficient (Wildman–Crippen LogP) is 3.57. The van der Waals surface area contributed by atoms with Gasteiger partial charge in [0.1, 0.15) is 0 Å². The van der Waals surface area contributed by atoms with E-state index in [0.717, 1.165) is 41.2 Å². The van der Waals surface area contributed by atoms with Gasteiger partial charge in [0.05, 0.1) is 16.9 Å². The standard InChI is InChI=1S/C21H20N6/c1-13-12-23-14(2)21-24-20(25-27(13)21)9-6-15-11-17-16-5-4-10-22-18(16)7-8-19(17)26(15)3/h4-5,7-8,10-12H,6,9H2,1-3H3. The molecular weight excluding hydrogens is 336 g/mol. The van der Waals surface area contributed by atoms with E-state index in [2.05, 4.69) is 50.9 Å². The Bertz CT molecular complexity index is 1270. The van der Waals surface area contributed by atoms with Gasteiger partial charge in [-0.25, -0.2) is 9.50 Å². The second-order valence-corrected chi connectivity index (χ2v) is 7.01. The Morgan fingerprint density at radius 1 is 1.00 bits per heavy atom. The lowest BCUT2D eigenvalue weighted by atomic mass is 10.1. The van der Waals surface area contributed by atoms with Crippen LogP contribution in [0.15, 0.2) is 42.7 Å². The first-order chi connectivity index (χ1) is 13.1. The van der Waals surface area contributed by atoms with Crippen molar-refractivity contribution in [3.63, 3.8) is 0 Å². The number of fused-ring (bicyclic) bond motifs is 4. The molecule has 0 spiro atoms. The Morgan fingerprint density at radius 2 is 1.89 bits per heavy atom. The third kappa shape index (κ3) is 2.48. The van der Waals surface area contributed by atoms with Crippen molar-refractivity contribution in [2.75, 3.05) is 0 Å². The fourth-order valence-corrected chi connectivity index (χ4v) is 3.75. The molecule has 0 amide bonds. The molecule has 0 fully saturated rings. The molecule has 0 aliphatic heterocycles. The molecule has 27 heavy (non-hydrogen) atoms. The summed E-state index contributed by atoms with van der Waals surface area (Å²) in [4.78, 5) is 13.5. The van der Waals surface area contributed by atoms with E-state index < -0.39 is 0 Å². The van der Waals surface area contributed by atoms with E-state index in [4.69, 9.17) is 4.98 Å². The van der Waals surface area contributed by atoms with Crippen molar-refractivity contribution in [2.45, 2.75) is 26.7 Å². The third-order valence-electron chi connectivity index (χ3n) is 5.27. The van der Waals surface area contributed by atoms with Crippen LogP contribution in [-0.2, 0) is 19.9 Å². The van der Waals surface area contributed by atoms with Crippen LogP contribution in [0.4, 0.5) is 0 Å². The molecule has 5 rings (SSSR count). The Kier molecular flexibility index (Phi) is 3.47. The lowest BCUT2D eigenvalue weighted by Gasteiger charge is -2.03. The molecule has 1 aromatic carbocycles. The molecule has 0 unspecified atom stereocenters. The van der Waals surface area contributed by atoms with Crippen molar-refractivity contribution in [3.8, 4) is 0 Å². The first kappa shape index (κ1) is 15.9. The number of nitrogens with zero attached hydrogens (tertiary/aromatic N) is 6. The molecular formula is C21H20N6. The molecule has 6 heteroatoms. The fraction of sp³-hybridized carbons (Fsp3) is 0.238. The Balaban J connectivity index is 1.52. The van der Waals surface area contributed by atoms with E-state index in [1.807, 2.05) is 36.8 Å². The lowest BCUT2D eigenvalue weighted by Crippen LogP contribution is -2.00. The number of pyridine rings is 1. The quantitative estimate of drug-likeness (QED) is 0.496. The van der Waals surface area contributed by atoms with Gasteiger partial charge < -0.3 is 4.57 Å². The SMILES string of the molecule is Cc1ncc(C)n2nc(CCc3cc4c5cccnc5ccc4n3C)nc12. The van der Waals surface area contributed by atoms with Gasteiger partial charge in [0.25, 0.3) is 0 Å². The monoisotopic (exact) mass is 356 g/mol. The molecule has 4 heterocycles. The molecule has 5 aromatic rings. The minimum atomic E-state index is 0.793. The lowest BCUT2D eigenvalue weighted by molar-refractivity contribution is 0.774. The maximum Gasteiger partial charge on any atom is 0.177 e. The summed E-state index contributed by atoms with van der Waals surface area (Å²) in [5.41, 5.74) is 6.28. The highest BCUT2D eigenvalue weighted by molar-refractivity contribution is 6.05. The second-order valence-electron chi connectivity index (χ2n) is 7.01. The summed E-state index contributed by atoms with van der Waals surface area (Å²) < 4.78 is 4.15. The molecule has 134 valence electrons. The van der Waals surface area contributed by atoms with Crippen LogP contribution >= 0.6 is 0 Å². The molecule has 0 saturated carbocycles. The largest absolute Gasteiger partial charge is 0.348 e. The summed E-state index contributed by atoms with van der Waals surface area (Å²) in [6, 6.07) is 10.6. The topological polar surface area (TPSA) is 60.9 Å². The van der Waals surface area contributed by atoms with Crippen LogP contribution in [0.5, 0.6) is 0 Å². The van der Waals surface area contributed by atoms with Gasteiger partial charge in [-0.05, 0) is 44.5 Å². The molecule has 0 N–H and O–H groups in total. The van der Waals surface area contributed by atoms with E-state index >= 15 is 0 Å². The summed E-state index contributed by atoms with van der Waals surface area (Å²) in [5.74, 6) is 0.853. The molecule has 0 radical (unpaired) electrons. The molecule has 0 saturated heterocycles. The summed E-state index contributed by atoms with van der Waals surface area (Å²) in [6.45, 7) is 3.97. The average molecular weight is 356 g/mol. The first-order valence-corrected chi connectivity index (χ1v) is 9.12. The zero-order valence-electron chi connectivity index (χ0n) is 15.6. The van der Waals surface area contributed by atoms with Crippen molar-refractivity contribution >= 4 is 27.5 Å². The van der Waals surface area contributed by atoms with Gasteiger partial charge in [0.15, 0.2) is 11.5 Å². The normalized spacial score (nSPS) is 11.8. The number of aryl methyl sites for hydroxylation is 5. The van der Waals surface area contributed by atoms with E-state index in [0.29, 0.717) is 0 Å². The van der Waals surface area contributed by atoms with Crippen molar-refractivity contribution < 1.29 is 0 Å². The summed E-state index contributed by atoms with van der Waals surface area (Å²) >= 11 is 0. The van der Waals surface area contributed by atoms with Gasteiger partial charge in [-0.3, -0.25) is 9.97 Å². The smallest absolute Gasteiger partial charge is 0.177 e. The average Bonchev–Trinajstić information content (AvgIpc) is 3.26. The predicted molar refractivity (Wildman–Crippen MR) is 106 cm³/mol.